The zero-order valence-corrected chi connectivity index (χ0v) is 12.0. The molecule has 0 spiro atoms. The maximum atomic E-state index is 4.53. The highest BCUT2D eigenvalue weighted by Gasteiger charge is 2.44. The summed E-state index contributed by atoms with van der Waals surface area (Å²) >= 11 is 0. The average Bonchev–Trinajstić information content (AvgIpc) is 3.15. The minimum absolute atomic E-state index is 0.583. The van der Waals surface area contributed by atoms with Gasteiger partial charge in [-0.15, -0.1) is 0 Å². The minimum atomic E-state index is 0.583. The first kappa shape index (κ1) is 12.1. The number of rotatable bonds is 2. The molecule has 0 unspecified atom stereocenters. The largest absolute Gasteiger partial charge is 0.356 e. The topological polar surface area (TPSA) is 56.8 Å². The zero-order valence-electron chi connectivity index (χ0n) is 12.0. The highest BCUT2D eigenvalue weighted by Crippen LogP contribution is 2.42. The average molecular weight is 271 g/mol. The smallest absolute Gasteiger partial charge is 0.142 e. The number of nitrogens with zero attached hydrogens (tertiary/aromatic N) is 3. The fraction of sp³-hybridized carbons (Fsp3) is 0.600. The van der Waals surface area contributed by atoms with E-state index in [1.165, 1.54) is 19.5 Å². The van der Waals surface area contributed by atoms with Gasteiger partial charge >= 0.3 is 0 Å². The van der Waals surface area contributed by atoms with Crippen molar-refractivity contribution >= 4 is 16.9 Å². The molecular formula is C15H21N5. The Bertz CT molecular complexity index is 622. The molecule has 0 bridgehead atoms. The van der Waals surface area contributed by atoms with Crippen LogP contribution in [-0.2, 0) is 0 Å². The third kappa shape index (κ3) is 1.66. The molecule has 5 heteroatoms. The number of hydrogen-bond donors (Lipinski definition) is 2. The summed E-state index contributed by atoms with van der Waals surface area (Å²) in [5, 5.41) is 4.65. The second-order valence-corrected chi connectivity index (χ2v) is 6.29. The monoisotopic (exact) mass is 271 g/mol. The van der Waals surface area contributed by atoms with Crippen LogP contribution < -0.4 is 10.2 Å². The van der Waals surface area contributed by atoms with Gasteiger partial charge in [-0.1, -0.05) is 6.92 Å². The van der Waals surface area contributed by atoms with Crippen molar-refractivity contribution < 1.29 is 0 Å². The van der Waals surface area contributed by atoms with Crippen LogP contribution in [0.3, 0.4) is 0 Å². The fourth-order valence-corrected chi connectivity index (χ4v) is 4.24. The van der Waals surface area contributed by atoms with Gasteiger partial charge in [-0.25, -0.2) is 9.97 Å². The van der Waals surface area contributed by atoms with Gasteiger partial charge in [0.15, 0.2) is 0 Å². The van der Waals surface area contributed by atoms with Crippen molar-refractivity contribution in [2.24, 2.45) is 17.8 Å². The summed E-state index contributed by atoms with van der Waals surface area (Å²) in [5.74, 6) is 3.43. The second kappa shape index (κ2) is 4.45. The maximum absolute atomic E-state index is 4.53. The van der Waals surface area contributed by atoms with E-state index in [1.54, 1.807) is 6.33 Å². The lowest BCUT2D eigenvalue weighted by molar-refractivity contribution is 0.381. The summed E-state index contributed by atoms with van der Waals surface area (Å²) < 4.78 is 0. The van der Waals surface area contributed by atoms with Gasteiger partial charge in [-0.2, -0.15) is 0 Å². The summed E-state index contributed by atoms with van der Waals surface area (Å²) in [6, 6.07) is 2.66. The van der Waals surface area contributed by atoms with Crippen molar-refractivity contribution in [3.05, 3.63) is 18.6 Å². The van der Waals surface area contributed by atoms with Gasteiger partial charge in [0.25, 0.3) is 0 Å². The second-order valence-electron chi connectivity index (χ2n) is 6.29. The van der Waals surface area contributed by atoms with E-state index in [4.69, 9.17) is 0 Å². The Kier molecular flexibility index (Phi) is 2.70. The van der Waals surface area contributed by atoms with E-state index < -0.39 is 0 Å². The first-order chi connectivity index (χ1) is 9.75. The molecule has 3 heterocycles. The van der Waals surface area contributed by atoms with E-state index in [2.05, 4.69) is 45.2 Å². The molecule has 4 rings (SSSR count). The number of fused-ring (bicyclic) bond motifs is 2. The van der Waals surface area contributed by atoms with Gasteiger partial charge in [0.05, 0.1) is 5.39 Å². The lowest BCUT2D eigenvalue weighted by Gasteiger charge is -2.31. The molecule has 0 aromatic carbocycles. The lowest BCUT2D eigenvalue weighted by Crippen LogP contribution is -2.37. The van der Waals surface area contributed by atoms with E-state index >= 15 is 0 Å². The molecule has 2 aliphatic rings. The number of aromatic nitrogens is 3. The Morgan fingerprint density at radius 1 is 1.30 bits per heavy atom. The molecule has 1 saturated carbocycles. The van der Waals surface area contributed by atoms with Crippen molar-refractivity contribution in [1.82, 2.24) is 20.3 Å². The highest BCUT2D eigenvalue weighted by atomic mass is 15.2. The summed E-state index contributed by atoms with van der Waals surface area (Å²) in [7, 11) is 2.18. The molecule has 5 nitrogen and oxygen atoms in total. The van der Waals surface area contributed by atoms with Crippen LogP contribution in [0.15, 0.2) is 18.6 Å². The lowest BCUT2D eigenvalue weighted by atomic mass is 9.93. The van der Waals surface area contributed by atoms with Crippen LogP contribution in [-0.4, -0.2) is 41.1 Å². The van der Waals surface area contributed by atoms with Crippen LogP contribution in [0.5, 0.6) is 0 Å². The predicted octanol–water partition coefficient (Wildman–Crippen LogP) is 1.64. The van der Waals surface area contributed by atoms with Crippen LogP contribution in [0.25, 0.3) is 11.0 Å². The number of hydrogen-bond acceptors (Lipinski definition) is 4. The van der Waals surface area contributed by atoms with Crippen molar-refractivity contribution in [2.45, 2.75) is 19.4 Å². The van der Waals surface area contributed by atoms with Crippen LogP contribution in [0.2, 0.25) is 0 Å². The van der Waals surface area contributed by atoms with Crippen LogP contribution >= 0.6 is 0 Å². The summed E-state index contributed by atoms with van der Waals surface area (Å²) in [6.07, 6.45) is 4.87. The minimum Gasteiger partial charge on any atom is -0.356 e. The fourth-order valence-electron chi connectivity index (χ4n) is 4.24. The SMILES string of the molecule is C[C@H]1[C@@H]2CNC[C@H]2C[C@@H]1N(C)c1ncnc2[nH]ccc12. The molecule has 2 aromatic rings. The number of anilines is 1. The van der Waals surface area contributed by atoms with Crippen molar-refractivity contribution in [3.63, 3.8) is 0 Å². The molecular weight excluding hydrogens is 250 g/mol. The van der Waals surface area contributed by atoms with Gasteiger partial charge in [-0.3, -0.25) is 0 Å². The molecule has 1 saturated heterocycles. The van der Waals surface area contributed by atoms with E-state index in [0.29, 0.717) is 12.0 Å². The molecule has 20 heavy (non-hydrogen) atoms. The normalized spacial score (nSPS) is 32.7. The molecule has 1 aliphatic heterocycles. The molecule has 4 atom stereocenters. The Morgan fingerprint density at radius 2 is 2.20 bits per heavy atom. The molecule has 2 N–H and O–H groups in total. The summed E-state index contributed by atoms with van der Waals surface area (Å²) in [5.41, 5.74) is 0.925. The highest BCUT2D eigenvalue weighted by molar-refractivity contribution is 5.87. The zero-order chi connectivity index (χ0) is 13.7. The van der Waals surface area contributed by atoms with Crippen LogP contribution in [0, 0.1) is 17.8 Å². The molecule has 0 amide bonds. The summed E-state index contributed by atoms with van der Waals surface area (Å²) in [4.78, 5) is 14.4. The molecule has 2 fully saturated rings. The van der Waals surface area contributed by atoms with Gasteiger partial charge in [0.2, 0.25) is 0 Å². The van der Waals surface area contributed by atoms with Gasteiger partial charge in [0, 0.05) is 19.3 Å². The number of nitrogens with one attached hydrogen (secondary N) is 2. The number of H-pyrrole nitrogens is 1. The Balaban J connectivity index is 1.67. The quantitative estimate of drug-likeness (QED) is 0.872. The molecule has 106 valence electrons. The summed E-state index contributed by atoms with van der Waals surface area (Å²) in [6.45, 7) is 4.76. The Labute approximate surface area is 118 Å². The maximum Gasteiger partial charge on any atom is 0.142 e. The standard InChI is InChI=1S/C15H21N5/c1-9-12-7-16-6-10(12)5-13(9)20(2)15-11-3-4-17-14(11)18-8-19-15/h3-4,8-10,12-13,16H,5-7H2,1-2H3,(H,17,18,19)/t9-,10+,12-,13-/m0/s1. The van der Waals surface area contributed by atoms with Crippen molar-refractivity contribution in [3.8, 4) is 0 Å². The molecule has 0 radical (unpaired) electrons. The van der Waals surface area contributed by atoms with Crippen molar-refractivity contribution in [2.75, 3.05) is 25.0 Å². The number of aromatic amines is 1. The third-order valence-electron chi connectivity index (χ3n) is 5.38. The first-order valence-electron chi connectivity index (χ1n) is 7.47. The molecule has 1 aliphatic carbocycles. The van der Waals surface area contributed by atoms with Gasteiger partial charge < -0.3 is 15.2 Å². The Morgan fingerprint density at radius 3 is 3.05 bits per heavy atom. The van der Waals surface area contributed by atoms with E-state index in [1.807, 2.05) is 6.20 Å². The van der Waals surface area contributed by atoms with Crippen LogP contribution in [0.1, 0.15) is 13.3 Å². The van der Waals surface area contributed by atoms with E-state index in [9.17, 15) is 0 Å². The third-order valence-corrected chi connectivity index (χ3v) is 5.38. The predicted molar refractivity (Wildman–Crippen MR) is 79.7 cm³/mol. The first-order valence-corrected chi connectivity index (χ1v) is 7.47. The van der Waals surface area contributed by atoms with E-state index in [-0.39, 0.29) is 0 Å². The van der Waals surface area contributed by atoms with Crippen LogP contribution in [0.4, 0.5) is 5.82 Å². The van der Waals surface area contributed by atoms with Crippen molar-refractivity contribution in [1.29, 1.82) is 0 Å². The Hall–Kier alpha value is -1.62. The molecule has 2 aromatic heterocycles. The van der Waals surface area contributed by atoms with Gasteiger partial charge in [-0.05, 0) is 43.3 Å². The van der Waals surface area contributed by atoms with Gasteiger partial charge in [0.1, 0.15) is 17.8 Å². The van der Waals surface area contributed by atoms with E-state index in [0.717, 1.165) is 28.7 Å².